The number of hydrogen-bond donors (Lipinski definition) is 0. The molecule has 0 saturated heterocycles. The third-order valence-electron chi connectivity index (χ3n) is 2.10. The molecular weight excluding hydrogens is 184 g/mol. The van der Waals surface area contributed by atoms with Crippen LogP contribution in [-0.4, -0.2) is 29.6 Å². The predicted octanol–water partition coefficient (Wildman–Crippen LogP) is 2.44. The molecule has 0 unspecified atom stereocenters. The highest BCUT2D eigenvalue weighted by atomic mass is 28.4. The van der Waals surface area contributed by atoms with E-state index in [1.807, 2.05) is 6.55 Å². The van der Waals surface area contributed by atoms with Gasteiger partial charge < -0.3 is 13.3 Å². The Morgan fingerprint density at radius 2 is 1.62 bits per heavy atom. The maximum atomic E-state index is 5.57. The Bertz CT molecular complexity index is 115. The quantitative estimate of drug-likeness (QED) is 0.451. The molecule has 0 aromatic rings. The van der Waals surface area contributed by atoms with Crippen LogP contribution >= 0.6 is 0 Å². The maximum absolute atomic E-state index is 5.57. The van der Waals surface area contributed by atoms with Gasteiger partial charge in [0.2, 0.25) is 0 Å². The lowest BCUT2D eigenvalue weighted by molar-refractivity contribution is 0.104. The van der Waals surface area contributed by atoms with Gasteiger partial charge in [0.15, 0.2) is 0 Å². The Balaban J connectivity index is 3.39. The zero-order valence-electron chi connectivity index (χ0n) is 9.26. The standard InChI is InChI=1S/C9H22O3Si/c1-5-6-7-8-9-12-13(4,10-2)11-3/h5-9H2,1-4H3. The summed E-state index contributed by atoms with van der Waals surface area (Å²) in [5.41, 5.74) is 0. The molecule has 0 N–H and O–H groups in total. The largest absolute Gasteiger partial charge is 0.497 e. The van der Waals surface area contributed by atoms with E-state index in [9.17, 15) is 0 Å². The summed E-state index contributed by atoms with van der Waals surface area (Å²) in [7, 11) is 1.02. The van der Waals surface area contributed by atoms with Gasteiger partial charge in [-0.25, -0.2) is 0 Å². The Labute approximate surface area is 82.8 Å². The number of hydrogen-bond acceptors (Lipinski definition) is 3. The van der Waals surface area contributed by atoms with Gasteiger partial charge in [-0.15, -0.1) is 0 Å². The van der Waals surface area contributed by atoms with E-state index in [2.05, 4.69) is 6.92 Å². The molecular formula is C9H22O3Si. The molecule has 0 aromatic heterocycles. The van der Waals surface area contributed by atoms with Crippen LogP contribution < -0.4 is 0 Å². The topological polar surface area (TPSA) is 27.7 Å². The van der Waals surface area contributed by atoms with Crippen LogP contribution in [0.1, 0.15) is 32.6 Å². The van der Waals surface area contributed by atoms with E-state index >= 15 is 0 Å². The summed E-state index contributed by atoms with van der Waals surface area (Å²) in [5, 5.41) is 0. The monoisotopic (exact) mass is 206 g/mol. The summed E-state index contributed by atoms with van der Waals surface area (Å²) in [6.07, 6.45) is 4.86. The van der Waals surface area contributed by atoms with Crippen LogP contribution in [-0.2, 0) is 13.3 Å². The summed E-state index contributed by atoms with van der Waals surface area (Å²) in [5.74, 6) is 0. The lowest BCUT2D eigenvalue weighted by atomic mass is 10.2. The van der Waals surface area contributed by atoms with E-state index in [1.54, 1.807) is 14.2 Å². The molecule has 0 heterocycles. The second kappa shape index (κ2) is 7.50. The molecule has 0 aliphatic rings. The van der Waals surface area contributed by atoms with Gasteiger partial charge in [-0.05, 0) is 6.42 Å². The molecule has 0 aliphatic heterocycles. The molecule has 80 valence electrons. The average molecular weight is 206 g/mol. The Hall–Kier alpha value is 0.0969. The molecule has 0 fully saturated rings. The van der Waals surface area contributed by atoms with Gasteiger partial charge in [-0.3, -0.25) is 0 Å². The third kappa shape index (κ3) is 6.21. The molecule has 0 bridgehead atoms. The fourth-order valence-corrected chi connectivity index (χ4v) is 1.91. The summed E-state index contributed by atoms with van der Waals surface area (Å²) in [4.78, 5) is 0. The minimum absolute atomic E-state index is 0.754. The van der Waals surface area contributed by atoms with Crippen molar-refractivity contribution in [2.24, 2.45) is 0 Å². The molecule has 0 amide bonds. The van der Waals surface area contributed by atoms with Crippen LogP contribution in [0.25, 0.3) is 0 Å². The maximum Gasteiger partial charge on any atom is 0.497 e. The van der Waals surface area contributed by atoms with Crippen molar-refractivity contribution < 1.29 is 13.3 Å². The second-order valence-electron chi connectivity index (χ2n) is 3.18. The van der Waals surface area contributed by atoms with Crippen molar-refractivity contribution in [3.05, 3.63) is 0 Å². The number of rotatable bonds is 8. The minimum Gasteiger partial charge on any atom is -0.377 e. The molecule has 0 atom stereocenters. The van der Waals surface area contributed by atoms with Crippen molar-refractivity contribution in [1.29, 1.82) is 0 Å². The zero-order chi connectivity index (χ0) is 10.2. The van der Waals surface area contributed by atoms with Gasteiger partial charge in [0.05, 0.1) is 0 Å². The van der Waals surface area contributed by atoms with Crippen molar-refractivity contribution in [2.75, 3.05) is 20.8 Å². The van der Waals surface area contributed by atoms with Gasteiger partial charge in [-0.1, -0.05) is 26.2 Å². The molecule has 13 heavy (non-hydrogen) atoms. The fraction of sp³-hybridized carbons (Fsp3) is 1.00. The van der Waals surface area contributed by atoms with Crippen LogP contribution in [0.3, 0.4) is 0 Å². The number of unbranched alkanes of at least 4 members (excludes halogenated alkanes) is 3. The molecule has 0 radical (unpaired) electrons. The van der Waals surface area contributed by atoms with Crippen molar-refractivity contribution in [2.45, 2.75) is 39.2 Å². The van der Waals surface area contributed by atoms with Crippen molar-refractivity contribution in [3.8, 4) is 0 Å². The van der Waals surface area contributed by atoms with E-state index < -0.39 is 8.80 Å². The van der Waals surface area contributed by atoms with Crippen molar-refractivity contribution in [1.82, 2.24) is 0 Å². The van der Waals surface area contributed by atoms with Gasteiger partial charge in [-0.2, -0.15) is 0 Å². The lowest BCUT2D eigenvalue weighted by Crippen LogP contribution is -2.40. The summed E-state index contributed by atoms with van der Waals surface area (Å²) < 4.78 is 15.9. The lowest BCUT2D eigenvalue weighted by Gasteiger charge is -2.21. The molecule has 0 aliphatic carbocycles. The van der Waals surface area contributed by atoms with E-state index in [0.29, 0.717) is 0 Å². The van der Waals surface area contributed by atoms with Gasteiger partial charge >= 0.3 is 8.80 Å². The zero-order valence-corrected chi connectivity index (χ0v) is 10.3. The van der Waals surface area contributed by atoms with Crippen LogP contribution in [0.5, 0.6) is 0 Å². The van der Waals surface area contributed by atoms with Crippen molar-refractivity contribution in [3.63, 3.8) is 0 Å². The Kier molecular flexibility index (Phi) is 7.55. The molecule has 0 spiro atoms. The smallest absolute Gasteiger partial charge is 0.377 e. The van der Waals surface area contributed by atoms with E-state index in [4.69, 9.17) is 13.3 Å². The van der Waals surface area contributed by atoms with Gasteiger partial charge in [0.25, 0.3) is 0 Å². The molecule has 4 heteroatoms. The molecule has 0 aromatic carbocycles. The second-order valence-corrected chi connectivity index (χ2v) is 6.01. The minimum atomic E-state index is -2.26. The predicted molar refractivity (Wildman–Crippen MR) is 55.7 cm³/mol. The third-order valence-corrected chi connectivity index (χ3v) is 4.32. The van der Waals surface area contributed by atoms with Crippen LogP contribution in [0.2, 0.25) is 6.55 Å². The molecule has 3 nitrogen and oxygen atoms in total. The van der Waals surface area contributed by atoms with Gasteiger partial charge in [0.1, 0.15) is 0 Å². The first-order valence-corrected chi connectivity index (χ1v) is 7.15. The highest BCUT2D eigenvalue weighted by Gasteiger charge is 2.31. The van der Waals surface area contributed by atoms with Gasteiger partial charge in [0, 0.05) is 27.4 Å². The van der Waals surface area contributed by atoms with Crippen LogP contribution in [0.15, 0.2) is 0 Å². The SMILES string of the molecule is CCCCCCO[Si](C)(OC)OC. The first-order valence-electron chi connectivity index (χ1n) is 4.92. The Morgan fingerprint density at radius 3 is 2.08 bits per heavy atom. The van der Waals surface area contributed by atoms with Crippen LogP contribution in [0.4, 0.5) is 0 Å². The molecule has 0 rings (SSSR count). The van der Waals surface area contributed by atoms with Crippen LogP contribution in [0, 0.1) is 0 Å². The molecule has 0 saturated carbocycles. The summed E-state index contributed by atoms with van der Waals surface area (Å²) in [6, 6.07) is 0. The summed E-state index contributed by atoms with van der Waals surface area (Å²) >= 11 is 0. The normalized spacial score (nSPS) is 12.0. The van der Waals surface area contributed by atoms with E-state index in [0.717, 1.165) is 13.0 Å². The van der Waals surface area contributed by atoms with Crippen molar-refractivity contribution >= 4 is 8.80 Å². The highest BCUT2D eigenvalue weighted by molar-refractivity contribution is 6.59. The van der Waals surface area contributed by atoms with E-state index in [-0.39, 0.29) is 0 Å². The first-order chi connectivity index (χ1) is 6.18. The average Bonchev–Trinajstić information content (AvgIpc) is 2.17. The van der Waals surface area contributed by atoms with E-state index in [1.165, 1.54) is 19.3 Å². The highest BCUT2D eigenvalue weighted by Crippen LogP contribution is 2.08. The Morgan fingerprint density at radius 1 is 1.00 bits per heavy atom. The first kappa shape index (κ1) is 13.1. The fourth-order valence-electron chi connectivity index (χ4n) is 0.988. The summed E-state index contributed by atoms with van der Waals surface area (Å²) in [6.45, 7) is 4.86.